The summed E-state index contributed by atoms with van der Waals surface area (Å²) < 4.78 is 16.7. The zero-order chi connectivity index (χ0) is 21.0. The SMILES string of the molecule is COC1(OC)[C@@]2(Cl)C[C@H]([C@](C)(N)COC(=O)c3ccccc3)[C@]1(Cl)C(Cl)=C2Cl. The van der Waals surface area contributed by atoms with E-state index in [4.69, 9.17) is 66.3 Å². The van der Waals surface area contributed by atoms with E-state index < -0.39 is 33.0 Å². The maximum atomic E-state index is 12.3. The van der Waals surface area contributed by atoms with Crippen molar-refractivity contribution in [3.63, 3.8) is 0 Å². The van der Waals surface area contributed by atoms with Crippen LogP contribution in [0.15, 0.2) is 40.4 Å². The molecule has 3 rings (SSSR count). The molecule has 0 spiro atoms. The first-order valence-corrected chi connectivity index (χ1v) is 10.1. The van der Waals surface area contributed by atoms with E-state index in [0.29, 0.717) is 5.56 Å². The third kappa shape index (κ3) is 2.75. The van der Waals surface area contributed by atoms with E-state index in [0.717, 1.165) is 0 Å². The molecule has 0 aliphatic heterocycles. The van der Waals surface area contributed by atoms with E-state index in [1.807, 2.05) is 6.07 Å². The van der Waals surface area contributed by atoms with Gasteiger partial charge in [0.15, 0.2) is 0 Å². The fourth-order valence-corrected chi connectivity index (χ4v) is 6.51. The number of esters is 1. The summed E-state index contributed by atoms with van der Waals surface area (Å²) in [5.41, 5.74) is 5.89. The van der Waals surface area contributed by atoms with Gasteiger partial charge in [-0.2, -0.15) is 0 Å². The predicted octanol–water partition coefficient (Wildman–Crippen LogP) is 4.23. The van der Waals surface area contributed by atoms with Gasteiger partial charge in [-0.15, -0.1) is 23.2 Å². The first-order chi connectivity index (χ1) is 13.0. The van der Waals surface area contributed by atoms with Crippen LogP contribution in [0.3, 0.4) is 0 Å². The van der Waals surface area contributed by atoms with E-state index >= 15 is 0 Å². The summed E-state index contributed by atoms with van der Waals surface area (Å²) in [7, 11) is 2.84. The summed E-state index contributed by atoms with van der Waals surface area (Å²) in [6, 6.07) is 8.62. The minimum absolute atomic E-state index is 0.113. The molecule has 2 bridgehead atoms. The first kappa shape index (κ1) is 22.2. The number of rotatable bonds is 6. The molecule has 1 saturated carbocycles. The van der Waals surface area contributed by atoms with Crippen molar-refractivity contribution in [2.45, 2.75) is 34.4 Å². The van der Waals surface area contributed by atoms with Gasteiger partial charge in [0.25, 0.3) is 0 Å². The Morgan fingerprint density at radius 1 is 1.18 bits per heavy atom. The monoisotopic (exact) mass is 467 g/mol. The molecule has 2 aliphatic carbocycles. The Kier molecular flexibility index (Phi) is 5.79. The Hall–Kier alpha value is -0.530. The van der Waals surface area contributed by atoms with Gasteiger partial charge >= 0.3 is 5.97 Å². The summed E-state index contributed by atoms with van der Waals surface area (Å²) in [5.74, 6) is -2.57. The fraction of sp³-hybridized carbons (Fsp3) is 0.526. The quantitative estimate of drug-likeness (QED) is 0.384. The van der Waals surface area contributed by atoms with Gasteiger partial charge in [0.05, 0.1) is 21.2 Å². The van der Waals surface area contributed by atoms with Crippen molar-refractivity contribution >= 4 is 52.4 Å². The van der Waals surface area contributed by atoms with Crippen LogP contribution in [-0.4, -0.2) is 47.9 Å². The Morgan fingerprint density at radius 3 is 2.25 bits per heavy atom. The van der Waals surface area contributed by atoms with Crippen molar-refractivity contribution in [2.24, 2.45) is 11.7 Å². The normalized spacial score (nSPS) is 33.1. The number of ether oxygens (including phenoxy) is 3. The van der Waals surface area contributed by atoms with E-state index in [9.17, 15) is 4.79 Å². The van der Waals surface area contributed by atoms with Crippen molar-refractivity contribution in [3.8, 4) is 0 Å². The number of hydrogen-bond acceptors (Lipinski definition) is 5. The Balaban J connectivity index is 1.90. The van der Waals surface area contributed by atoms with Gasteiger partial charge in [0, 0.05) is 20.1 Å². The van der Waals surface area contributed by atoms with Gasteiger partial charge in [-0.25, -0.2) is 4.79 Å². The summed E-state index contributed by atoms with van der Waals surface area (Å²) >= 11 is 26.7. The molecule has 0 heterocycles. The number of methoxy groups -OCH3 is 2. The van der Waals surface area contributed by atoms with Crippen LogP contribution < -0.4 is 5.73 Å². The maximum absolute atomic E-state index is 12.3. The highest BCUT2D eigenvalue weighted by Gasteiger charge is 2.82. The average Bonchev–Trinajstić information content (AvgIpc) is 2.97. The number of carbonyl (C=O) groups excluding carboxylic acids is 1. The second-order valence-corrected chi connectivity index (χ2v) is 9.37. The van der Waals surface area contributed by atoms with Crippen LogP contribution in [0, 0.1) is 5.92 Å². The van der Waals surface area contributed by atoms with Crippen LogP contribution in [0.25, 0.3) is 0 Å². The minimum atomic E-state index is -1.52. The highest BCUT2D eigenvalue weighted by Crippen LogP contribution is 2.72. The number of nitrogens with two attached hydrogens (primary N) is 1. The molecular formula is C19H21Cl4NO4. The lowest BCUT2D eigenvalue weighted by atomic mass is 9.77. The lowest BCUT2D eigenvalue weighted by molar-refractivity contribution is -0.220. The van der Waals surface area contributed by atoms with Gasteiger partial charge in [-0.05, 0) is 25.5 Å². The largest absolute Gasteiger partial charge is 0.460 e. The molecule has 0 unspecified atom stereocenters. The maximum Gasteiger partial charge on any atom is 0.338 e. The van der Waals surface area contributed by atoms with Crippen molar-refractivity contribution in [1.29, 1.82) is 0 Å². The van der Waals surface area contributed by atoms with Gasteiger partial charge in [-0.1, -0.05) is 41.4 Å². The molecule has 2 N–H and O–H groups in total. The standard InChI is InChI=1S/C19H21Cl4NO4/c1-16(24,10-28-15(25)11-7-5-4-6-8-11)12-9-17(22)13(20)14(21)18(12,23)19(17,26-2)27-3/h4-8,12H,9-10,24H2,1-3H3/t12-,16-,17-,18+/m1/s1. The third-order valence-electron chi connectivity index (χ3n) is 5.72. The predicted molar refractivity (Wildman–Crippen MR) is 110 cm³/mol. The number of halogens is 4. The topological polar surface area (TPSA) is 70.8 Å². The number of benzene rings is 1. The van der Waals surface area contributed by atoms with Gasteiger partial charge < -0.3 is 19.9 Å². The molecule has 1 aromatic rings. The van der Waals surface area contributed by atoms with Crippen LogP contribution in [-0.2, 0) is 14.2 Å². The second-order valence-electron chi connectivity index (χ2n) is 7.37. The van der Waals surface area contributed by atoms with Gasteiger partial charge in [-0.3, -0.25) is 0 Å². The smallest absolute Gasteiger partial charge is 0.338 e. The third-order valence-corrected chi connectivity index (χ3v) is 8.30. The van der Waals surface area contributed by atoms with Crippen molar-refractivity contribution in [3.05, 3.63) is 46.0 Å². The Morgan fingerprint density at radius 2 is 1.75 bits per heavy atom. The molecule has 5 nitrogen and oxygen atoms in total. The number of carbonyl (C=O) groups is 1. The van der Waals surface area contributed by atoms with E-state index in [2.05, 4.69) is 0 Å². The van der Waals surface area contributed by atoms with Crippen LogP contribution in [0.2, 0.25) is 0 Å². The second kappa shape index (κ2) is 7.31. The Bertz CT molecular complexity index is 811. The van der Waals surface area contributed by atoms with E-state index in [-0.39, 0.29) is 23.1 Å². The zero-order valence-corrected chi connectivity index (χ0v) is 18.6. The fourth-order valence-electron chi connectivity index (χ4n) is 4.31. The van der Waals surface area contributed by atoms with Gasteiger partial charge in [0.1, 0.15) is 16.4 Å². The van der Waals surface area contributed by atoms with Crippen LogP contribution >= 0.6 is 46.4 Å². The van der Waals surface area contributed by atoms with Crippen molar-refractivity contribution < 1.29 is 19.0 Å². The highest BCUT2D eigenvalue weighted by molar-refractivity contribution is 6.52. The number of hydrogen-bond donors (Lipinski definition) is 1. The van der Waals surface area contributed by atoms with Crippen LogP contribution in [0.1, 0.15) is 23.7 Å². The van der Waals surface area contributed by atoms with Crippen LogP contribution in [0.4, 0.5) is 0 Å². The zero-order valence-electron chi connectivity index (χ0n) is 15.6. The molecule has 0 aromatic heterocycles. The average molecular weight is 469 g/mol. The molecule has 0 amide bonds. The first-order valence-electron chi connectivity index (χ1n) is 8.57. The molecule has 28 heavy (non-hydrogen) atoms. The summed E-state index contributed by atoms with van der Waals surface area (Å²) in [6.45, 7) is 1.60. The lowest BCUT2D eigenvalue weighted by Crippen LogP contribution is -2.61. The summed E-state index contributed by atoms with van der Waals surface area (Å²) in [5, 5.41) is 0.291. The van der Waals surface area contributed by atoms with Gasteiger partial charge in [0.2, 0.25) is 5.79 Å². The van der Waals surface area contributed by atoms with E-state index in [1.54, 1.807) is 31.2 Å². The Labute approximate surface area is 184 Å². The summed E-state index contributed by atoms with van der Waals surface area (Å²) in [4.78, 5) is 9.56. The lowest BCUT2D eigenvalue weighted by Gasteiger charge is -2.44. The van der Waals surface area contributed by atoms with Crippen LogP contribution in [0.5, 0.6) is 0 Å². The minimum Gasteiger partial charge on any atom is -0.460 e. The molecule has 1 aromatic carbocycles. The summed E-state index contributed by atoms with van der Waals surface area (Å²) in [6.07, 6.45) is 0.227. The highest BCUT2D eigenvalue weighted by atomic mass is 35.5. The molecule has 9 heteroatoms. The molecule has 2 aliphatic rings. The molecule has 154 valence electrons. The molecule has 0 saturated heterocycles. The molecule has 0 radical (unpaired) electrons. The number of alkyl halides is 2. The molecular weight excluding hydrogens is 448 g/mol. The molecule has 4 atom stereocenters. The van der Waals surface area contributed by atoms with E-state index in [1.165, 1.54) is 14.2 Å². The molecule has 1 fully saturated rings. The van der Waals surface area contributed by atoms with Crippen molar-refractivity contribution in [2.75, 3.05) is 20.8 Å². The van der Waals surface area contributed by atoms with Crippen molar-refractivity contribution in [1.82, 2.24) is 0 Å². The number of fused-ring (bicyclic) bond motifs is 2.